The molecule has 0 N–H and O–H groups in total. The van der Waals surface area contributed by atoms with Crippen molar-refractivity contribution in [3.8, 4) is 0 Å². The summed E-state index contributed by atoms with van der Waals surface area (Å²) in [6, 6.07) is 6.00. The third kappa shape index (κ3) is 2.23. The van der Waals surface area contributed by atoms with Crippen molar-refractivity contribution in [3.05, 3.63) is 30.6 Å². The van der Waals surface area contributed by atoms with E-state index in [1.54, 1.807) is 0 Å². The molecule has 0 saturated carbocycles. The maximum Gasteiger partial charge on any atom is 0.199 e. The van der Waals surface area contributed by atoms with Gasteiger partial charge in [0, 0.05) is 12.1 Å². The molecular weight excluding hydrogens is 148 g/mol. The van der Waals surface area contributed by atoms with Crippen LogP contribution in [0.25, 0.3) is 0 Å². The highest BCUT2D eigenvalue weighted by atomic mass is 35.5. The molecule has 1 aromatic rings. The van der Waals surface area contributed by atoms with Gasteiger partial charge in [0.1, 0.15) is 0 Å². The topological polar surface area (TPSA) is 7.12 Å². The number of halogens is 1. The normalized spacial score (nSPS) is 8.20. The molecule has 0 aromatic carbocycles. The first-order valence-electron chi connectivity index (χ1n) is 2.94. The molecule has 0 aliphatic rings. The first-order chi connectivity index (χ1) is 4.30. The highest BCUT2D eigenvalue weighted by Crippen LogP contribution is 1.74. The molecule has 0 amide bonds. The first kappa shape index (κ1) is 9.24. The van der Waals surface area contributed by atoms with E-state index in [1.165, 1.54) is 0 Å². The van der Waals surface area contributed by atoms with Crippen LogP contribution in [-0.4, -0.2) is 14.1 Å². The molecule has 3 heteroatoms. The van der Waals surface area contributed by atoms with Crippen LogP contribution in [-0.2, 0) is 0 Å². The maximum atomic E-state index is 2.00. The van der Waals surface area contributed by atoms with Crippen LogP contribution in [0, 0.1) is 0 Å². The molecule has 10 heavy (non-hydrogen) atoms. The van der Waals surface area contributed by atoms with Gasteiger partial charge in [0.25, 0.3) is 0 Å². The Balaban J connectivity index is 0.000000810. The van der Waals surface area contributed by atoms with Gasteiger partial charge in [-0.15, -0.1) is 12.4 Å². The van der Waals surface area contributed by atoms with Gasteiger partial charge >= 0.3 is 0 Å². The first-order valence-corrected chi connectivity index (χ1v) is 2.94. The lowest BCUT2D eigenvalue weighted by molar-refractivity contribution is -0.687. The highest BCUT2D eigenvalue weighted by Gasteiger charge is 1.95. The van der Waals surface area contributed by atoms with Crippen molar-refractivity contribution < 1.29 is 4.68 Å². The summed E-state index contributed by atoms with van der Waals surface area (Å²) in [5, 5.41) is 2.00. The van der Waals surface area contributed by atoms with Crippen molar-refractivity contribution in [3.63, 3.8) is 0 Å². The summed E-state index contributed by atoms with van der Waals surface area (Å²) in [6.07, 6.45) is 4.00. The number of aromatic nitrogens is 1. The van der Waals surface area contributed by atoms with Crippen LogP contribution in [0.1, 0.15) is 0 Å². The minimum atomic E-state index is 0. The van der Waals surface area contributed by atoms with Gasteiger partial charge in [-0.05, 0) is 0 Å². The summed E-state index contributed by atoms with van der Waals surface area (Å²) in [7, 11) is 4.00. The van der Waals surface area contributed by atoms with Crippen LogP contribution in [0.2, 0.25) is 0 Å². The summed E-state index contributed by atoms with van der Waals surface area (Å²) in [5.41, 5.74) is 0. The van der Waals surface area contributed by atoms with E-state index in [1.807, 2.05) is 54.4 Å². The molecule has 0 unspecified atom stereocenters. The zero-order valence-corrected chi connectivity index (χ0v) is 7.01. The molecule has 1 aromatic heterocycles. The standard InChI is InChI=1S/C7H11N2.ClH/c1-8(2)9-6-4-3-5-7-9;/h3-7H,1-2H3;1H/q+1;. The molecule has 0 aliphatic heterocycles. The largest absolute Gasteiger partial charge is 0.199 e. The summed E-state index contributed by atoms with van der Waals surface area (Å²) < 4.78 is 2.00. The molecule has 1 rings (SSSR count). The van der Waals surface area contributed by atoms with Gasteiger partial charge in [-0.2, -0.15) is 5.01 Å². The number of rotatable bonds is 1. The molecule has 0 atom stereocenters. The monoisotopic (exact) mass is 159 g/mol. The molecule has 1 heterocycles. The van der Waals surface area contributed by atoms with Gasteiger partial charge in [-0.25, -0.2) is 0 Å². The molecule has 0 spiro atoms. The Morgan fingerprint density at radius 2 is 1.50 bits per heavy atom. The molecule has 0 fully saturated rings. The molecule has 0 aliphatic carbocycles. The van der Waals surface area contributed by atoms with Crippen LogP contribution >= 0.6 is 12.4 Å². The van der Waals surface area contributed by atoms with E-state index in [0.29, 0.717) is 0 Å². The van der Waals surface area contributed by atoms with Crippen molar-refractivity contribution in [2.75, 3.05) is 19.1 Å². The molecule has 0 saturated heterocycles. The number of nitrogens with zero attached hydrogens (tertiary/aromatic N) is 2. The fourth-order valence-corrected chi connectivity index (χ4v) is 0.656. The number of hydrogen-bond donors (Lipinski definition) is 0. The van der Waals surface area contributed by atoms with Crippen LogP contribution in [0.3, 0.4) is 0 Å². The Hall–Kier alpha value is -0.760. The van der Waals surface area contributed by atoms with E-state index in [4.69, 9.17) is 0 Å². The minimum absolute atomic E-state index is 0. The summed E-state index contributed by atoms with van der Waals surface area (Å²) >= 11 is 0. The molecule has 2 nitrogen and oxygen atoms in total. The Labute approximate surface area is 67.5 Å². The zero-order valence-electron chi connectivity index (χ0n) is 6.19. The summed E-state index contributed by atoms with van der Waals surface area (Å²) in [5.74, 6) is 0. The zero-order chi connectivity index (χ0) is 6.69. The average Bonchev–Trinajstić information content (AvgIpc) is 1.90. The summed E-state index contributed by atoms with van der Waals surface area (Å²) in [6.45, 7) is 0. The Morgan fingerprint density at radius 3 is 1.80 bits per heavy atom. The number of pyridine rings is 1. The third-order valence-electron chi connectivity index (χ3n) is 1.16. The lowest BCUT2D eigenvalue weighted by Crippen LogP contribution is -2.51. The van der Waals surface area contributed by atoms with E-state index in [2.05, 4.69) is 0 Å². The quantitative estimate of drug-likeness (QED) is 0.545. The Kier molecular flexibility index (Phi) is 3.81. The second-order valence-corrected chi connectivity index (χ2v) is 2.10. The van der Waals surface area contributed by atoms with E-state index in [9.17, 15) is 0 Å². The lowest BCUT2D eigenvalue weighted by Gasteiger charge is -2.02. The number of hydrogen-bond acceptors (Lipinski definition) is 1. The Morgan fingerprint density at radius 1 is 1.00 bits per heavy atom. The predicted octanol–water partition coefficient (Wildman–Crippen LogP) is 0.593. The fraction of sp³-hybridized carbons (Fsp3) is 0.286. The van der Waals surface area contributed by atoms with Crippen molar-refractivity contribution in [1.29, 1.82) is 0 Å². The smallest absolute Gasteiger partial charge is 0.187 e. The summed E-state index contributed by atoms with van der Waals surface area (Å²) in [4.78, 5) is 0. The highest BCUT2D eigenvalue weighted by molar-refractivity contribution is 5.85. The van der Waals surface area contributed by atoms with Gasteiger partial charge < -0.3 is 0 Å². The predicted molar refractivity (Wildman–Crippen MR) is 44.0 cm³/mol. The lowest BCUT2D eigenvalue weighted by atomic mass is 10.5. The molecular formula is C7H12ClN2+. The van der Waals surface area contributed by atoms with Gasteiger partial charge in [-0.1, -0.05) is 10.7 Å². The van der Waals surface area contributed by atoms with E-state index in [-0.39, 0.29) is 12.4 Å². The third-order valence-corrected chi connectivity index (χ3v) is 1.16. The van der Waals surface area contributed by atoms with Crippen molar-refractivity contribution in [2.45, 2.75) is 0 Å². The SMILES string of the molecule is CN(C)[n+]1ccccc1.Cl. The van der Waals surface area contributed by atoms with Crippen LogP contribution in [0.15, 0.2) is 30.6 Å². The van der Waals surface area contributed by atoms with Crippen molar-refractivity contribution in [2.24, 2.45) is 0 Å². The minimum Gasteiger partial charge on any atom is -0.187 e. The van der Waals surface area contributed by atoms with E-state index < -0.39 is 0 Å². The van der Waals surface area contributed by atoms with Crippen LogP contribution in [0.4, 0.5) is 0 Å². The van der Waals surface area contributed by atoms with E-state index >= 15 is 0 Å². The van der Waals surface area contributed by atoms with Gasteiger partial charge in [0.15, 0.2) is 12.4 Å². The van der Waals surface area contributed by atoms with Gasteiger partial charge in [0.2, 0.25) is 0 Å². The van der Waals surface area contributed by atoms with Crippen LogP contribution in [0.5, 0.6) is 0 Å². The molecule has 56 valence electrons. The van der Waals surface area contributed by atoms with E-state index in [0.717, 1.165) is 0 Å². The van der Waals surface area contributed by atoms with Crippen molar-refractivity contribution in [1.82, 2.24) is 0 Å². The molecule has 0 radical (unpaired) electrons. The molecule has 0 bridgehead atoms. The van der Waals surface area contributed by atoms with Crippen molar-refractivity contribution >= 4 is 12.4 Å². The van der Waals surface area contributed by atoms with Gasteiger partial charge in [0.05, 0.1) is 14.1 Å². The van der Waals surface area contributed by atoms with Crippen LogP contribution < -0.4 is 9.69 Å². The fourth-order valence-electron chi connectivity index (χ4n) is 0.656. The Bertz CT molecular complexity index is 174. The second kappa shape index (κ2) is 4.12. The average molecular weight is 160 g/mol. The second-order valence-electron chi connectivity index (χ2n) is 2.10. The maximum absolute atomic E-state index is 2.00. The van der Waals surface area contributed by atoms with Gasteiger partial charge in [-0.3, -0.25) is 0 Å².